The maximum atomic E-state index is 12.2. The summed E-state index contributed by atoms with van der Waals surface area (Å²) in [5.74, 6) is 0.523. The monoisotopic (exact) mass is 333 g/mol. The Morgan fingerprint density at radius 2 is 2.21 bits per heavy atom. The topological polar surface area (TPSA) is 106 Å². The summed E-state index contributed by atoms with van der Waals surface area (Å²) in [6.45, 7) is 2.16. The molecule has 1 aliphatic heterocycles. The average Bonchev–Trinajstić information content (AvgIpc) is 3.19. The summed E-state index contributed by atoms with van der Waals surface area (Å²) in [6.07, 6.45) is 4.34. The van der Waals surface area contributed by atoms with E-state index in [4.69, 9.17) is 4.42 Å². The lowest BCUT2D eigenvalue weighted by molar-refractivity contribution is -0.385. The number of aromatic nitrogens is 2. The van der Waals surface area contributed by atoms with Gasteiger partial charge in [0.2, 0.25) is 0 Å². The number of nitrogens with one attached hydrogen (secondary N) is 1. The van der Waals surface area contributed by atoms with E-state index in [1.807, 2.05) is 0 Å². The number of hydrogen-bond donors (Lipinski definition) is 1. The van der Waals surface area contributed by atoms with Crippen LogP contribution in [-0.2, 0) is 6.54 Å². The molecular weight excluding hydrogens is 314 g/mol. The molecule has 3 heterocycles. The first-order chi connectivity index (χ1) is 11.5. The normalized spacial score (nSPS) is 16.2. The van der Waals surface area contributed by atoms with Gasteiger partial charge >= 0.3 is 5.69 Å². The van der Waals surface area contributed by atoms with Gasteiger partial charge in [-0.1, -0.05) is 0 Å². The zero-order valence-electron chi connectivity index (χ0n) is 13.3. The highest BCUT2D eigenvalue weighted by Gasteiger charge is 2.21. The van der Waals surface area contributed by atoms with Crippen molar-refractivity contribution in [2.24, 2.45) is 0 Å². The Morgan fingerprint density at radius 1 is 1.46 bits per heavy atom. The van der Waals surface area contributed by atoms with Gasteiger partial charge in [-0.3, -0.25) is 19.6 Å². The van der Waals surface area contributed by atoms with E-state index in [2.05, 4.69) is 22.4 Å². The Balaban J connectivity index is 1.58. The summed E-state index contributed by atoms with van der Waals surface area (Å²) in [5, 5.41) is 17.5. The lowest BCUT2D eigenvalue weighted by atomic mass is 10.1. The molecule has 24 heavy (non-hydrogen) atoms. The number of furan rings is 1. The third-order valence-corrected chi connectivity index (χ3v) is 4.09. The van der Waals surface area contributed by atoms with Gasteiger partial charge in [0.25, 0.3) is 5.91 Å². The van der Waals surface area contributed by atoms with Gasteiger partial charge in [0.15, 0.2) is 5.76 Å². The first kappa shape index (κ1) is 16.2. The summed E-state index contributed by atoms with van der Waals surface area (Å²) >= 11 is 0. The number of carbonyl (C=O) groups excluding carboxylic acids is 1. The Bertz CT molecular complexity index is 730. The van der Waals surface area contributed by atoms with Crippen molar-refractivity contribution >= 4 is 11.6 Å². The van der Waals surface area contributed by atoms with Gasteiger partial charge in [0, 0.05) is 6.04 Å². The Labute approximate surface area is 138 Å². The number of rotatable bonds is 5. The van der Waals surface area contributed by atoms with Crippen LogP contribution in [0.5, 0.6) is 0 Å². The molecule has 3 rings (SSSR count). The van der Waals surface area contributed by atoms with Crippen LogP contribution in [0.15, 0.2) is 28.9 Å². The fourth-order valence-corrected chi connectivity index (χ4v) is 2.69. The molecular formula is C15H19N5O4. The molecule has 2 aromatic heterocycles. The van der Waals surface area contributed by atoms with E-state index < -0.39 is 4.92 Å². The zero-order valence-corrected chi connectivity index (χ0v) is 13.3. The van der Waals surface area contributed by atoms with E-state index in [1.54, 1.807) is 12.1 Å². The van der Waals surface area contributed by atoms with Crippen LogP contribution in [-0.4, -0.2) is 51.7 Å². The van der Waals surface area contributed by atoms with Gasteiger partial charge in [-0.05, 0) is 45.1 Å². The first-order valence-electron chi connectivity index (χ1n) is 7.76. The summed E-state index contributed by atoms with van der Waals surface area (Å²) in [7, 11) is 2.07. The molecule has 2 aromatic rings. The van der Waals surface area contributed by atoms with Crippen LogP contribution in [0, 0.1) is 10.1 Å². The summed E-state index contributed by atoms with van der Waals surface area (Å²) in [6, 6.07) is 3.45. The number of piperidine rings is 1. The maximum Gasteiger partial charge on any atom is 0.307 e. The molecule has 0 saturated carbocycles. The van der Waals surface area contributed by atoms with Crippen LogP contribution in [0.2, 0.25) is 0 Å². The summed E-state index contributed by atoms with van der Waals surface area (Å²) in [4.78, 5) is 24.6. The minimum absolute atomic E-state index is 0.0817. The highest BCUT2D eigenvalue weighted by molar-refractivity contribution is 5.91. The number of hydrogen-bond acceptors (Lipinski definition) is 6. The van der Waals surface area contributed by atoms with E-state index in [-0.39, 0.29) is 29.9 Å². The third kappa shape index (κ3) is 3.80. The standard InChI is InChI=1S/C15H19N5O4/c1-18-6-4-11(5-7-18)17-15(21)14-3-2-13(24-14)10-19-9-12(8-16-19)20(22)23/h2-3,8-9,11H,4-7,10H2,1H3,(H,17,21). The second kappa shape index (κ2) is 6.83. The largest absolute Gasteiger partial charge is 0.454 e. The van der Waals surface area contributed by atoms with E-state index in [0.29, 0.717) is 5.76 Å². The van der Waals surface area contributed by atoms with Gasteiger partial charge in [0.05, 0.1) is 11.5 Å². The minimum atomic E-state index is -0.508. The Morgan fingerprint density at radius 3 is 2.88 bits per heavy atom. The van der Waals surface area contributed by atoms with E-state index in [0.717, 1.165) is 25.9 Å². The SMILES string of the molecule is CN1CCC(NC(=O)c2ccc(Cn3cc([N+](=O)[O-])cn3)o2)CC1. The van der Waals surface area contributed by atoms with Crippen LogP contribution >= 0.6 is 0 Å². The smallest absolute Gasteiger partial charge is 0.307 e. The van der Waals surface area contributed by atoms with Crippen LogP contribution in [0.25, 0.3) is 0 Å². The maximum absolute atomic E-state index is 12.2. The van der Waals surface area contributed by atoms with Crippen LogP contribution < -0.4 is 5.32 Å². The molecule has 128 valence electrons. The average molecular weight is 333 g/mol. The molecule has 1 aliphatic rings. The molecule has 0 aliphatic carbocycles. The van der Waals surface area contributed by atoms with Gasteiger partial charge < -0.3 is 14.6 Å². The fraction of sp³-hybridized carbons (Fsp3) is 0.467. The minimum Gasteiger partial charge on any atom is -0.454 e. The molecule has 0 atom stereocenters. The molecule has 1 N–H and O–H groups in total. The highest BCUT2D eigenvalue weighted by Crippen LogP contribution is 2.14. The van der Waals surface area contributed by atoms with Crippen molar-refractivity contribution in [3.63, 3.8) is 0 Å². The van der Waals surface area contributed by atoms with Gasteiger partial charge in [-0.2, -0.15) is 5.10 Å². The van der Waals surface area contributed by atoms with E-state index >= 15 is 0 Å². The molecule has 9 heteroatoms. The number of likely N-dealkylation sites (tertiary alicyclic amines) is 1. The fourth-order valence-electron chi connectivity index (χ4n) is 2.69. The van der Waals surface area contributed by atoms with Crippen molar-refractivity contribution in [3.05, 3.63) is 46.2 Å². The van der Waals surface area contributed by atoms with Crippen molar-refractivity contribution in [1.82, 2.24) is 20.0 Å². The van der Waals surface area contributed by atoms with Crippen molar-refractivity contribution in [1.29, 1.82) is 0 Å². The zero-order chi connectivity index (χ0) is 17.1. The lowest BCUT2D eigenvalue weighted by Gasteiger charge is -2.29. The molecule has 1 amide bonds. The van der Waals surface area contributed by atoms with Crippen molar-refractivity contribution in [2.75, 3.05) is 20.1 Å². The molecule has 1 saturated heterocycles. The van der Waals surface area contributed by atoms with Crippen LogP contribution in [0.3, 0.4) is 0 Å². The predicted octanol–water partition coefficient (Wildman–Crippen LogP) is 1.26. The van der Waals surface area contributed by atoms with Crippen molar-refractivity contribution in [2.45, 2.75) is 25.4 Å². The number of nitrogens with zero attached hydrogens (tertiary/aromatic N) is 4. The summed E-state index contributed by atoms with van der Waals surface area (Å²) in [5.41, 5.74) is -0.0817. The lowest BCUT2D eigenvalue weighted by Crippen LogP contribution is -2.43. The molecule has 0 aromatic carbocycles. The molecule has 0 bridgehead atoms. The Kier molecular flexibility index (Phi) is 4.61. The number of nitro groups is 1. The predicted molar refractivity (Wildman–Crippen MR) is 84.7 cm³/mol. The van der Waals surface area contributed by atoms with Gasteiger partial charge in [-0.25, -0.2) is 0 Å². The van der Waals surface area contributed by atoms with Crippen molar-refractivity contribution in [3.8, 4) is 0 Å². The highest BCUT2D eigenvalue weighted by atomic mass is 16.6. The van der Waals surface area contributed by atoms with Gasteiger partial charge in [0.1, 0.15) is 18.2 Å². The number of carbonyl (C=O) groups is 1. The van der Waals surface area contributed by atoms with E-state index in [9.17, 15) is 14.9 Å². The second-order valence-corrected chi connectivity index (χ2v) is 5.97. The van der Waals surface area contributed by atoms with Crippen LogP contribution in [0.4, 0.5) is 5.69 Å². The molecule has 0 spiro atoms. The van der Waals surface area contributed by atoms with Crippen molar-refractivity contribution < 1.29 is 14.1 Å². The number of amides is 1. The van der Waals surface area contributed by atoms with E-state index in [1.165, 1.54) is 17.1 Å². The molecule has 9 nitrogen and oxygen atoms in total. The summed E-state index contributed by atoms with van der Waals surface area (Å²) < 4.78 is 6.93. The molecule has 1 fully saturated rings. The molecule has 0 radical (unpaired) electrons. The first-order valence-corrected chi connectivity index (χ1v) is 7.76. The Hall–Kier alpha value is -2.68. The van der Waals surface area contributed by atoms with Crippen LogP contribution in [0.1, 0.15) is 29.2 Å². The second-order valence-electron chi connectivity index (χ2n) is 5.97. The quantitative estimate of drug-likeness (QED) is 0.652. The van der Waals surface area contributed by atoms with Gasteiger partial charge in [-0.15, -0.1) is 0 Å². The third-order valence-electron chi connectivity index (χ3n) is 4.09. The molecule has 0 unspecified atom stereocenters.